The summed E-state index contributed by atoms with van der Waals surface area (Å²) in [5.74, 6) is 0. The maximum absolute atomic E-state index is 10.4. The van der Waals surface area contributed by atoms with Crippen LogP contribution in [0.1, 0.15) is 0 Å². The van der Waals surface area contributed by atoms with E-state index in [1.807, 2.05) is 28.8 Å². The molecule has 0 bridgehead atoms. The smallest absolute Gasteiger partial charge is 0.100 e. The number of nitrogens with zero attached hydrogens (tertiary/aromatic N) is 2. The zero-order valence-electron chi connectivity index (χ0n) is 6.60. The number of para-hydroxylation sites is 2. The van der Waals surface area contributed by atoms with Crippen molar-refractivity contribution in [1.29, 1.82) is 0 Å². The van der Waals surface area contributed by atoms with E-state index >= 15 is 0 Å². The van der Waals surface area contributed by atoms with Gasteiger partial charge in [0.15, 0.2) is 0 Å². The SMILES string of the molecule is [O]CCn1cnc2ccccc21. The van der Waals surface area contributed by atoms with Gasteiger partial charge in [-0.1, -0.05) is 12.1 Å². The van der Waals surface area contributed by atoms with Gasteiger partial charge in [-0.15, -0.1) is 0 Å². The second kappa shape index (κ2) is 2.95. The van der Waals surface area contributed by atoms with E-state index in [1.54, 1.807) is 6.33 Å². The van der Waals surface area contributed by atoms with Crippen LogP contribution in [-0.2, 0) is 11.7 Å². The normalized spacial score (nSPS) is 10.8. The first-order chi connectivity index (χ1) is 5.92. The van der Waals surface area contributed by atoms with Crippen LogP contribution in [0, 0.1) is 0 Å². The predicted molar refractivity (Wildman–Crippen MR) is 45.3 cm³/mol. The largest absolute Gasteiger partial charge is 0.328 e. The minimum absolute atomic E-state index is 0.0969. The zero-order chi connectivity index (χ0) is 8.39. The third-order valence-corrected chi connectivity index (χ3v) is 1.86. The first-order valence-electron chi connectivity index (χ1n) is 3.90. The highest BCUT2D eigenvalue weighted by molar-refractivity contribution is 5.74. The van der Waals surface area contributed by atoms with Crippen LogP contribution >= 0.6 is 0 Å². The molecular weight excluding hydrogens is 152 g/mol. The number of hydrogen-bond donors (Lipinski definition) is 0. The molecule has 12 heavy (non-hydrogen) atoms. The van der Waals surface area contributed by atoms with E-state index in [0.29, 0.717) is 6.54 Å². The molecule has 0 aliphatic rings. The molecule has 0 fully saturated rings. The summed E-state index contributed by atoms with van der Waals surface area (Å²) >= 11 is 0. The van der Waals surface area contributed by atoms with Crippen LogP contribution < -0.4 is 0 Å². The van der Waals surface area contributed by atoms with Gasteiger partial charge in [-0.2, -0.15) is 0 Å². The molecule has 0 N–H and O–H groups in total. The molecule has 0 saturated heterocycles. The first-order valence-corrected chi connectivity index (χ1v) is 3.90. The molecule has 1 aromatic carbocycles. The van der Waals surface area contributed by atoms with E-state index in [4.69, 9.17) is 0 Å². The van der Waals surface area contributed by atoms with Gasteiger partial charge in [0.05, 0.1) is 23.9 Å². The Bertz CT molecular complexity index is 381. The van der Waals surface area contributed by atoms with Crippen molar-refractivity contribution in [3.8, 4) is 0 Å². The van der Waals surface area contributed by atoms with Gasteiger partial charge < -0.3 is 4.57 Å². The Labute approximate surface area is 70.3 Å². The molecule has 0 atom stereocenters. The minimum atomic E-state index is -0.0969. The lowest BCUT2D eigenvalue weighted by Crippen LogP contribution is -1.98. The van der Waals surface area contributed by atoms with Gasteiger partial charge in [0.25, 0.3) is 0 Å². The van der Waals surface area contributed by atoms with E-state index in [0.717, 1.165) is 11.0 Å². The monoisotopic (exact) mass is 161 g/mol. The standard InChI is InChI=1S/C9H9N2O/c12-6-5-11-7-10-8-3-1-2-4-9(8)11/h1-4,7H,5-6H2. The van der Waals surface area contributed by atoms with E-state index in [2.05, 4.69) is 4.98 Å². The van der Waals surface area contributed by atoms with Crippen LogP contribution in [0.5, 0.6) is 0 Å². The second-order valence-electron chi connectivity index (χ2n) is 2.63. The van der Waals surface area contributed by atoms with Crippen LogP contribution in [0.3, 0.4) is 0 Å². The van der Waals surface area contributed by atoms with Crippen LogP contribution in [-0.4, -0.2) is 16.2 Å². The van der Waals surface area contributed by atoms with E-state index < -0.39 is 0 Å². The predicted octanol–water partition coefficient (Wildman–Crippen LogP) is 1.47. The lowest BCUT2D eigenvalue weighted by molar-refractivity contribution is 0.182. The molecule has 1 heterocycles. The third-order valence-electron chi connectivity index (χ3n) is 1.86. The highest BCUT2D eigenvalue weighted by Crippen LogP contribution is 2.10. The fraction of sp³-hybridized carbons (Fsp3) is 0.222. The van der Waals surface area contributed by atoms with E-state index in [9.17, 15) is 5.11 Å². The van der Waals surface area contributed by atoms with Gasteiger partial charge in [-0.05, 0) is 12.1 Å². The first kappa shape index (κ1) is 7.31. The molecule has 0 aliphatic carbocycles. The molecule has 61 valence electrons. The fourth-order valence-corrected chi connectivity index (χ4v) is 1.29. The maximum atomic E-state index is 10.4. The summed E-state index contributed by atoms with van der Waals surface area (Å²) in [4.78, 5) is 4.16. The molecule has 0 amide bonds. The van der Waals surface area contributed by atoms with Gasteiger partial charge in [0.2, 0.25) is 0 Å². The van der Waals surface area contributed by atoms with Crippen molar-refractivity contribution in [3.63, 3.8) is 0 Å². The number of aromatic nitrogens is 2. The lowest BCUT2D eigenvalue weighted by atomic mass is 10.3. The molecule has 0 saturated carbocycles. The highest BCUT2D eigenvalue weighted by atomic mass is 16.3. The van der Waals surface area contributed by atoms with Crippen LogP contribution in [0.25, 0.3) is 11.0 Å². The molecule has 0 aliphatic heterocycles. The fourth-order valence-electron chi connectivity index (χ4n) is 1.29. The Balaban J connectivity index is 2.55. The average molecular weight is 161 g/mol. The number of hydrogen-bond acceptors (Lipinski definition) is 1. The summed E-state index contributed by atoms with van der Waals surface area (Å²) in [5.41, 5.74) is 1.99. The van der Waals surface area contributed by atoms with Crippen LogP contribution in [0.4, 0.5) is 0 Å². The quantitative estimate of drug-likeness (QED) is 0.657. The van der Waals surface area contributed by atoms with Crippen molar-refractivity contribution in [3.05, 3.63) is 30.6 Å². The van der Waals surface area contributed by atoms with E-state index in [-0.39, 0.29) is 6.61 Å². The summed E-state index contributed by atoms with van der Waals surface area (Å²) in [5, 5.41) is 10.4. The molecule has 2 rings (SSSR count). The summed E-state index contributed by atoms with van der Waals surface area (Å²) in [7, 11) is 0. The Morgan fingerprint density at radius 1 is 1.33 bits per heavy atom. The summed E-state index contributed by atoms with van der Waals surface area (Å²) < 4.78 is 1.88. The van der Waals surface area contributed by atoms with Crippen molar-refractivity contribution in [1.82, 2.24) is 9.55 Å². The highest BCUT2D eigenvalue weighted by Gasteiger charge is 1.98. The summed E-state index contributed by atoms with van der Waals surface area (Å²) in [6, 6.07) is 7.80. The van der Waals surface area contributed by atoms with E-state index in [1.165, 1.54) is 0 Å². The third kappa shape index (κ3) is 1.08. The van der Waals surface area contributed by atoms with Crippen molar-refractivity contribution >= 4 is 11.0 Å². The molecular formula is C9H9N2O. The Hall–Kier alpha value is -1.35. The number of imidazole rings is 1. The van der Waals surface area contributed by atoms with Gasteiger partial charge in [0.1, 0.15) is 6.61 Å². The topological polar surface area (TPSA) is 37.7 Å². The Morgan fingerprint density at radius 3 is 3.00 bits per heavy atom. The van der Waals surface area contributed by atoms with Crippen molar-refractivity contribution in [2.24, 2.45) is 0 Å². The second-order valence-corrected chi connectivity index (χ2v) is 2.63. The Morgan fingerprint density at radius 2 is 2.17 bits per heavy atom. The molecule has 0 unspecified atom stereocenters. The number of fused-ring (bicyclic) bond motifs is 1. The van der Waals surface area contributed by atoms with Gasteiger partial charge in [-0.3, -0.25) is 0 Å². The molecule has 3 nitrogen and oxygen atoms in total. The minimum Gasteiger partial charge on any atom is -0.328 e. The average Bonchev–Trinajstić information content (AvgIpc) is 2.50. The molecule has 0 spiro atoms. The molecule has 3 heteroatoms. The summed E-state index contributed by atoms with van der Waals surface area (Å²) in [6.45, 7) is 0.404. The molecule has 2 aromatic rings. The summed E-state index contributed by atoms with van der Waals surface area (Å²) in [6.07, 6.45) is 1.71. The van der Waals surface area contributed by atoms with Gasteiger partial charge in [-0.25, -0.2) is 10.1 Å². The maximum Gasteiger partial charge on any atom is 0.100 e. The number of rotatable bonds is 2. The molecule has 1 aromatic heterocycles. The van der Waals surface area contributed by atoms with Crippen molar-refractivity contribution in [2.45, 2.75) is 6.54 Å². The number of benzene rings is 1. The van der Waals surface area contributed by atoms with Gasteiger partial charge >= 0.3 is 0 Å². The van der Waals surface area contributed by atoms with Crippen LogP contribution in [0.2, 0.25) is 0 Å². The van der Waals surface area contributed by atoms with Crippen molar-refractivity contribution in [2.75, 3.05) is 6.61 Å². The van der Waals surface area contributed by atoms with Gasteiger partial charge in [0, 0.05) is 0 Å². The Kier molecular flexibility index (Phi) is 1.80. The van der Waals surface area contributed by atoms with Crippen molar-refractivity contribution < 1.29 is 5.11 Å². The van der Waals surface area contributed by atoms with Crippen LogP contribution in [0.15, 0.2) is 30.6 Å². The lowest BCUT2D eigenvalue weighted by Gasteiger charge is -1.97. The zero-order valence-corrected chi connectivity index (χ0v) is 6.60. The molecule has 1 radical (unpaired) electrons.